The van der Waals surface area contributed by atoms with Gasteiger partial charge < -0.3 is 14.8 Å². The lowest BCUT2D eigenvalue weighted by Crippen LogP contribution is -2.28. The molecule has 0 unspecified atom stereocenters. The van der Waals surface area contributed by atoms with Crippen LogP contribution in [0.3, 0.4) is 0 Å². The van der Waals surface area contributed by atoms with E-state index in [1.165, 1.54) is 13.2 Å². The molecule has 0 atom stereocenters. The maximum atomic E-state index is 11.5. The summed E-state index contributed by atoms with van der Waals surface area (Å²) >= 11 is 0. The fourth-order valence-electron chi connectivity index (χ4n) is 1.53. The Kier molecular flexibility index (Phi) is 7.39. The predicted octanol–water partition coefficient (Wildman–Crippen LogP) is 1.60. The number of benzene rings is 1. The Labute approximate surface area is 129 Å². The SMILES string of the molecule is CC/C=C/C(=O)OCC(=O)NCc1ccc(C(=O)OC)cc1. The van der Waals surface area contributed by atoms with Crippen molar-refractivity contribution in [3.05, 3.63) is 47.5 Å². The number of methoxy groups -OCH3 is 1. The summed E-state index contributed by atoms with van der Waals surface area (Å²) in [5.74, 6) is -1.35. The Bertz CT molecular complexity index is 548. The Morgan fingerprint density at radius 2 is 1.86 bits per heavy atom. The molecule has 0 spiro atoms. The Hall–Kier alpha value is -2.63. The molecule has 0 aliphatic carbocycles. The minimum atomic E-state index is -0.542. The Morgan fingerprint density at radius 1 is 1.18 bits per heavy atom. The smallest absolute Gasteiger partial charge is 0.337 e. The summed E-state index contributed by atoms with van der Waals surface area (Å²) in [6.45, 7) is 1.84. The molecule has 1 amide bonds. The van der Waals surface area contributed by atoms with Crippen LogP contribution in [0.4, 0.5) is 0 Å². The van der Waals surface area contributed by atoms with Crippen LogP contribution in [0.15, 0.2) is 36.4 Å². The van der Waals surface area contributed by atoms with Gasteiger partial charge in [0.25, 0.3) is 5.91 Å². The lowest BCUT2D eigenvalue weighted by atomic mass is 10.1. The van der Waals surface area contributed by atoms with Crippen molar-refractivity contribution in [1.82, 2.24) is 5.32 Å². The van der Waals surface area contributed by atoms with Crippen molar-refractivity contribution in [2.45, 2.75) is 19.9 Å². The van der Waals surface area contributed by atoms with E-state index in [9.17, 15) is 14.4 Å². The van der Waals surface area contributed by atoms with Crippen LogP contribution in [0.5, 0.6) is 0 Å². The van der Waals surface area contributed by atoms with Crippen LogP contribution < -0.4 is 5.32 Å². The first-order chi connectivity index (χ1) is 10.6. The van der Waals surface area contributed by atoms with Gasteiger partial charge in [0.1, 0.15) is 0 Å². The molecular weight excluding hydrogens is 286 g/mol. The third kappa shape index (κ3) is 6.21. The van der Waals surface area contributed by atoms with Gasteiger partial charge in [-0.25, -0.2) is 9.59 Å². The van der Waals surface area contributed by atoms with E-state index < -0.39 is 17.8 Å². The quantitative estimate of drug-likeness (QED) is 0.611. The number of carbonyl (C=O) groups excluding carboxylic acids is 3. The number of ether oxygens (including phenoxy) is 2. The fourth-order valence-corrected chi connectivity index (χ4v) is 1.53. The molecule has 0 saturated heterocycles. The van der Waals surface area contributed by atoms with E-state index in [0.29, 0.717) is 5.56 Å². The lowest BCUT2D eigenvalue weighted by molar-refractivity contribution is -0.143. The van der Waals surface area contributed by atoms with Crippen molar-refractivity contribution < 1.29 is 23.9 Å². The van der Waals surface area contributed by atoms with Gasteiger partial charge in [0.15, 0.2) is 6.61 Å². The molecule has 0 bridgehead atoms. The van der Waals surface area contributed by atoms with E-state index in [2.05, 4.69) is 10.1 Å². The summed E-state index contributed by atoms with van der Waals surface area (Å²) < 4.78 is 9.35. The molecule has 0 fully saturated rings. The van der Waals surface area contributed by atoms with E-state index in [-0.39, 0.29) is 13.2 Å². The number of nitrogens with one attached hydrogen (secondary N) is 1. The average Bonchev–Trinajstić information content (AvgIpc) is 2.55. The number of amides is 1. The van der Waals surface area contributed by atoms with Gasteiger partial charge in [0.05, 0.1) is 12.7 Å². The van der Waals surface area contributed by atoms with Gasteiger partial charge in [-0.2, -0.15) is 0 Å². The largest absolute Gasteiger partial charge is 0.465 e. The monoisotopic (exact) mass is 305 g/mol. The molecule has 22 heavy (non-hydrogen) atoms. The van der Waals surface area contributed by atoms with Gasteiger partial charge >= 0.3 is 11.9 Å². The summed E-state index contributed by atoms with van der Waals surface area (Å²) in [7, 11) is 1.31. The van der Waals surface area contributed by atoms with Gasteiger partial charge in [-0.3, -0.25) is 4.79 Å². The number of carbonyl (C=O) groups is 3. The van der Waals surface area contributed by atoms with Crippen molar-refractivity contribution in [3.8, 4) is 0 Å². The molecule has 0 aliphatic rings. The Balaban J connectivity index is 2.36. The second-order valence-corrected chi connectivity index (χ2v) is 4.38. The maximum absolute atomic E-state index is 11.5. The number of hydrogen-bond donors (Lipinski definition) is 1. The highest BCUT2D eigenvalue weighted by Gasteiger charge is 2.06. The number of allylic oxidation sites excluding steroid dienone is 1. The first-order valence-corrected chi connectivity index (χ1v) is 6.84. The van der Waals surface area contributed by atoms with E-state index in [0.717, 1.165) is 12.0 Å². The predicted molar refractivity (Wildman–Crippen MR) is 80.0 cm³/mol. The molecule has 0 saturated carbocycles. The van der Waals surface area contributed by atoms with Gasteiger partial charge in [-0.05, 0) is 24.1 Å². The van der Waals surface area contributed by atoms with Gasteiger partial charge in [0, 0.05) is 12.6 Å². The number of hydrogen-bond acceptors (Lipinski definition) is 5. The second-order valence-electron chi connectivity index (χ2n) is 4.38. The van der Waals surface area contributed by atoms with Crippen LogP contribution in [-0.2, 0) is 25.6 Å². The van der Waals surface area contributed by atoms with Crippen LogP contribution in [0.2, 0.25) is 0 Å². The normalized spacial score (nSPS) is 10.3. The summed E-state index contributed by atoms with van der Waals surface area (Å²) in [5.41, 5.74) is 1.26. The average molecular weight is 305 g/mol. The van der Waals surface area contributed by atoms with Crippen molar-refractivity contribution in [2.24, 2.45) is 0 Å². The van der Waals surface area contributed by atoms with E-state index in [1.807, 2.05) is 6.92 Å². The van der Waals surface area contributed by atoms with Gasteiger partial charge in [-0.1, -0.05) is 25.1 Å². The number of esters is 2. The van der Waals surface area contributed by atoms with Crippen LogP contribution in [-0.4, -0.2) is 31.6 Å². The first kappa shape index (κ1) is 17.4. The molecule has 0 aliphatic heterocycles. The topological polar surface area (TPSA) is 81.7 Å². The molecular formula is C16H19NO5. The van der Waals surface area contributed by atoms with E-state index in [1.54, 1.807) is 30.3 Å². The van der Waals surface area contributed by atoms with E-state index in [4.69, 9.17) is 4.74 Å². The summed E-state index contributed by atoms with van der Waals surface area (Å²) in [6, 6.07) is 6.65. The summed E-state index contributed by atoms with van der Waals surface area (Å²) in [4.78, 5) is 34.0. The Morgan fingerprint density at radius 3 is 2.45 bits per heavy atom. The zero-order chi connectivity index (χ0) is 16.4. The van der Waals surface area contributed by atoms with Crippen molar-refractivity contribution in [3.63, 3.8) is 0 Å². The highest BCUT2D eigenvalue weighted by molar-refractivity contribution is 5.89. The minimum absolute atomic E-state index is 0.280. The molecule has 1 aromatic carbocycles. The number of rotatable bonds is 7. The summed E-state index contributed by atoms with van der Waals surface area (Å²) in [6.07, 6.45) is 3.67. The third-order valence-corrected chi connectivity index (χ3v) is 2.70. The standard InChI is InChI=1S/C16H19NO5/c1-3-4-5-15(19)22-11-14(18)17-10-12-6-8-13(9-7-12)16(20)21-2/h4-9H,3,10-11H2,1-2H3,(H,17,18)/b5-4+. The minimum Gasteiger partial charge on any atom is -0.465 e. The van der Waals surface area contributed by atoms with Crippen molar-refractivity contribution >= 4 is 17.8 Å². The molecule has 0 radical (unpaired) electrons. The molecule has 1 rings (SSSR count). The van der Waals surface area contributed by atoms with Crippen molar-refractivity contribution in [2.75, 3.05) is 13.7 Å². The molecule has 6 nitrogen and oxygen atoms in total. The molecule has 0 heterocycles. The maximum Gasteiger partial charge on any atom is 0.337 e. The fraction of sp³-hybridized carbons (Fsp3) is 0.312. The van der Waals surface area contributed by atoms with Gasteiger partial charge in [-0.15, -0.1) is 0 Å². The van der Waals surface area contributed by atoms with Crippen molar-refractivity contribution in [1.29, 1.82) is 0 Å². The molecule has 118 valence electrons. The highest BCUT2D eigenvalue weighted by atomic mass is 16.5. The summed E-state index contributed by atoms with van der Waals surface area (Å²) in [5, 5.41) is 2.62. The van der Waals surface area contributed by atoms with Crippen LogP contribution in [0, 0.1) is 0 Å². The molecule has 0 aromatic heterocycles. The zero-order valence-corrected chi connectivity index (χ0v) is 12.6. The molecule has 1 N–H and O–H groups in total. The van der Waals surface area contributed by atoms with Crippen LogP contribution in [0.25, 0.3) is 0 Å². The second kappa shape index (κ2) is 9.33. The first-order valence-electron chi connectivity index (χ1n) is 6.84. The third-order valence-electron chi connectivity index (χ3n) is 2.70. The zero-order valence-electron chi connectivity index (χ0n) is 12.6. The highest BCUT2D eigenvalue weighted by Crippen LogP contribution is 2.05. The van der Waals surface area contributed by atoms with Crippen LogP contribution in [0.1, 0.15) is 29.3 Å². The van der Waals surface area contributed by atoms with Gasteiger partial charge in [0.2, 0.25) is 0 Å². The van der Waals surface area contributed by atoms with E-state index >= 15 is 0 Å². The van der Waals surface area contributed by atoms with Crippen LogP contribution >= 0.6 is 0 Å². The lowest BCUT2D eigenvalue weighted by Gasteiger charge is -2.06. The molecule has 1 aromatic rings. The molecule has 6 heteroatoms.